The van der Waals surface area contributed by atoms with Gasteiger partial charge >= 0.3 is 7.12 Å². The van der Waals surface area contributed by atoms with E-state index in [0.29, 0.717) is 49.2 Å². The van der Waals surface area contributed by atoms with Crippen LogP contribution in [0.3, 0.4) is 0 Å². The molecule has 56 heavy (non-hydrogen) atoms. The molecule has 0 bridgehead atoms. The van der Waals surface area contributed by atoms with Crippen LogP contribution >= 0.6 is 15.9 Å². The van der Waals surface area contributed by atoms with Gasteiger partial charge in [0.05, 0.1) is 29.2 Å². The fourth-order valence-electron chi connectivity index (χ4n) is 5.75. The van der Waals surface area contributed by atoms with Crippen molar-refractivity contribution in [3.63, 3.8) is 0 Å². The smallest absolute Gasteiger partial charge is 0.423 e. The summed E-state index contributed by atoms with van der Waals surface area (Å²) >= 11 is 3.24. The summed E-state index contributed by atoms with van der Waals surface area (Å²) in [5.41, 5.74) is 4.85. The molecule has 2 amide bonds. The van der Waals surface area contributed by atoms with Crippen molar-refractivity contribution in [2.45, 2.75) is 52.6 Å². The molecule has 0 aliphatic heterocycles. The first kappa shape index (κ1) is 39.6. The Kier molecular flexibility index (Phi) is 11.5. The van der Waals surface area contributed by atoms with Crippen LogP contribution in [-0.4, -0.2) is 79.9 Å². The third-order valence-corrected chi connectivity index (χ3v) is 8.54. The van der Waals surface area contributed by atoms with Crippen molar-refractivity contribution in [3.8, 4) is 11.3 Å². The SMILES string of the molecule is CC(C)(C)NC(=O)c1c[nH]c2ncc(-c3cccc4ccncc34)nc12.CC(C)(C)NC(=O)c1c[nH]c2ncc(Br)nc12.OB(O)c1cccc2ccncc12. The Morgan fingerprint density at radius 3 is 1.77 bits per heavy atom. The molecular formula is C40H40BBrN10O4. The maximum absolute atomic E-state index is 12.6. The minimum atomic E-state index is -1.44. The lowest BCUT2D eigenvalue weighted by Crippen LogP contribution is -2.40. The Bertz CT molecular complexity index is 2670. The highest BCUT2D eigenvalue weighted by Crippen LogP contribution is 2.28. The summed E-state index contributed by atoms with van der Waals surface area (Å²) in [7, 11) is -1.44. The highest BCUT2D eigenvalue weighted by atomic mass is 79.9. The van der Waals surface area contributed by atoms with E-state index < -0.39 is 7.12 Å². The Morgan fingerprint density at radius 2 is 1.20 bits per heavy atom. The molecule has 6 N–H and O–H groups in total. The van der Waals surface area contributed by atoms with Gasteiger partial charge < -0.3 is 30.6 Å². The van der Waals surface area contributed by atoms with Gasteiger partial charge in [-0.15, -0.1) is 0 Å². The molecule has 0 saturated carbocycles. The predicted molar refractivity (Wildman–Crippen MR) is 222 cm³/mol. The average molecular weight is 816 g/mol. The van der Waals surface area contributed by atoms with Crippen LogP contribution in [0.25, 0.3) is 55.1 Å². The predicted octanol–water partition coefficient (Wildman–Crippen LogP) is 5.86. The maximum atomic E-state index is 12.6. The van der Waals surface area contributed by atoms with Gasteiger partial charge in [0.2, 0.25) is 0 Å². The number of amides is 2. The Hall–Kier alpha value is -6.10. The van der Waals surface area contributed by atoms with Crippen LogP contribution in [0.1, 0.15) is 62.3 Å². The van der Waals surface area contributed by atoms with Crippen LogP contribution in [-0.2, 0) is 0 Å². The van der Waals surface area contributed by atoms with Crippen LogP contribution in [0.15, 0.2) is 103 Å². The molecule has 0 saturated heterocycles. The van der Waals surface area contributed by atoms with E-state index in [9.17, 15) is 9.59 Å². The van der Waals surface area contributed by atoms with Crippen LogP contribution < -0.4 is 16.1 Å². The standard InChI is InChI=1S/C20H19N5O.C11H13BrN4O.C9H8BNO2/c1-20(2,3)25-19(26)15-10-22-18-17(15)24-16(11-23-18)13-6-4-5-12-7-8-21-9-14(12)13;1-11(2,3)16-10(17)6-4-13-9-8(6)15-7(12)5-14-9;12-10(13)9-3-1-2-7-4-5-11-6-8(7)9/h4-11H,1-3H3,(H,22,23)(H,25,26);4-5H,1-3H3,(H,13,14)(H,16,17);1-6,12-13H. The summed E-state index contributed by atoms with van der Waals surface area (Å²) < 4.78 is 0.606. The topological polar surface area (TPSA) is 208 Å². The average Bonchev–Trinajstić information content (AvgIpc) is 3.78. The van der Waals surface area contributed by atoms with Gasteiger partial charge in [0.1, 0.15) is 15.6 Å². The van der Waals surface area contributed by atoms with Gasteiger partial charge in [-0.05, 0) is 91.2 Å². The molecule has 284 valence electrons. The normalized spacial score (nSPS) is 11.4. The van der Waals surface area contributed by atoms with Crippen LogP contribution in [0.2, 0.25) is 0 Å². The lowest BCUT2D eigenvalue weighted by molar-refractivity contribution is 0.0911. The summed E-state index contributed by atoms with van der Waals surface area (Å²) in [4.78, 5) is 56.3. The molecular weight excluding hydrogens is 775 g/mol. The Labute approximate surface area is 330 Å². The van der Waals surface area contributed by atoms with Gasteiger partial charge in [-0.2, -0.15) is 0 Å². The van der Waals surface area contributed by atoms with Crippen molar-refractivity contribution in [1.29, 1.82) is 0 Å². The molecule has 0 spiro atoms. The van der Waals surface area contributed by atoms with E-state index in [1.54, 1.807) is 55.5 Å². The fraction of sp³-hybridized carbons (Fsp3) is 0.200. The number of aromatic nitrogens is 8. The zero-order chi connectivity index (χ0) is 40.2. The lowest BCUT2D eigenvalue weighted by Gasteiger charge is -2.20. The van der Waals surface area contributed by atoms with E-state index >= 15 is 0 Å². The second-order valence-corrected chi connectivity index (χ2v) is 15.7. The molecule has 8 rings (SSSR count). The first-order valence-corrected chi connectivity index (χ1v) is 18.4. The van der Waals surface area contributed by atoms with Gasteiger partial charge in [0, 0.05) is 59.2 Å². The first-order chi connectivity index (χ1) is 26.6. The molecule has 0 aliphatic carbocycles. The Balaban J connectivity index is 0.000000153. The van der Waals surface area contributed by atoms with Gasteiger partial charge in [0.25, 0.3) is 11.8 Å². The minimum absolute atomic E-state index is 0.156. The van der Waals surface area contributed by atoms with E-state index in [4.69, 9.17) is 15.0 Å². The number of hydrogen-bond donors (Lipinski definition) is 6. The fourth-order valence-corrected chi connectivity index (χ4v) is 6.03. The van der Waals surface area contributed by atoms with Crippen molar-refractivity contribution < 1.29 is 19.6 Å². The molecule has 0 atom stereocenters. The van der Waals surface area contributed by atoms with Crippen molar-refractivity contribution in [2.24, 2.45) is 0 Å². The summed E-state index contributed by atoms with van der Waals surface area (Å²) in [6, 6.07) is 15.2. The number of benzene rings is 2. The monoisotopic (exact) mass is 814 g/mol. The van der Waals surface area contributed by atoms with Gasteiger partial charge in [-0.3, -0.25) is 19.6 Å². The molecule has 14 nitrogen and oxygen atoms in total. The Morgan fingerprint density at radius 1 is 0.679 bits per heavy atom. The summed E-state index contributed by atoms with van der Waals surface area (Å²) in [6.07, 6.45) is 13.5. The van der Waals surface area contributed by atoms with Gasteiger partial charge in [0.15, 0.2) is 11.3 Å². The highest BCUT2D eigenvalue weighted by Gasteiger charge is 2.21. The molecule has 8 aromatic rings. The molecule has 6 heterocycles. The zero-order valence-corrected chi connectivity index (χ0v) is 33.2. The number of aromatic amines is 2. The third kappa shape index (κ3) is 9.40. The quantitative estimate of drug-likeness (QED) is 0.117. The lowest BCUT2D eigenvalue weighted by atomic mass is 9.78. The van der Waals surface area contributed by atoms with Crippen molar-refractivity contribution in [2.75, 3.05) is 0 Å². The number of halogens is 1. The van der Waals surface area contributed by atoms with Gasteiger partial charge in [-0.1, -0.05) is 36.4 Å². The van der Waals surface area contributed by atoms with E-state index in [-0.39, 0.29) is 22.9 Å². The number of pyridine rings is 2. The second kappa shape index (κ2) is 16.3. The molecule has 16 heteroatoms. The van der Waals surface area contributed by atoms with E-state index in [2.05, 4.69) is 61.5 Å². The molecule has 0 aliphatic rings. The van der Waals surface area contributed by atoms with Crippen molar-refractivity contribution in [1.82, 2.24) is 50.5 Å². The summed E-state index contributed by atoms with van der Waals surface area (Å²) in [5, 5.41) is 27.8. The van der Waals surface area contributed by atoms with Gasteiger partial charge in [-0.25, -0.2) is 19.9 Å². The largest absolute Gasteiger partial charge is 0.489 e. The number of carbonyl (C=O) groups is 2. The minimum Gasteiger partial charge on any atom is -0.423 e. The van der Waals surface area contributed by atoms with Crippen molar-refractivity contribution in [3.05, 3.63) is 114 Å². The van der Waals surface area contributed by atoms with Crippen LogP contribution in [0.4, 0.5) is 0 Å². The number of nitrogens with one attached hydrogen (secondary N) is 4. The number of hydrogen-bond acceptors (Lipinski definition) is 10. The molecule has 0 radical (unpaired) electrons. The molecule has 6 aromatic heterocycles. The number of fused-ring (bicyclic) bond motifs is 4. The maximum Gasteiger partial charge on any atom is 0.489 e. The number of carbonyl (C=O) groups excluding carboxylic acids is 2. The van der Waals surface area contributed by atoms with E-state index in [0.717, 1.165) is 27.1 Å². The molecule has 2 aromatic carbocycles. The zero-order valence-electron chi connectivity index (χ0n) is 31.6. The second-order valence-electron chi connectivity index (χ2n) is 14.9. The molecule has 0 fully saturated rings. The van der Waals surface area contributed by atoms with E-state index in [1.165, 1.54) is 0 Å². The third-order valence-electron chi connectivity index (χ3n) is 8.15. The number of nitrogens with zero attached hydrogens (tertiary/aromatic N) is 6. The highest BCUT2D eigenvalue weighted by molar-refractivity contribution is 9.10. The van der Waals surface area contributed by atoms with Crippen molar-refractivity contribution >= 4 is 84.2 Å². The summed E-state index contributed by atoms with van der Waals surface area (Å²) in [5.74, 6) is -0.328. The number of rotatable bonds is 4. The van der Waals surface area contributed by atoms with E-state index in [1.807, 2.05) is 84.1 Å². The molecule has 0 unspecified atom stereocenters. The summed E-state index contributed by atoms with van der Waals surface area (Å²) in [6.45, 7) is 11.6. The first-order valence-electron chi connectivity index (χ1n) is 17.6. The number of H-pyrrole nitrogens is 2. The van der Waals surface area contributed by atoms with Crippen LogP contribution in [0.5, 0.6) is 0 Å². The van der Waals surface area contributed by atoms with Crippen LogP contribution in [0, 0.1) is 0 Å².